The highest BCUT2D eigenvalue weighted by Gasteiger charge is 2.26. The minimum atomic E-state index is -3.48. The Morgan fingerprint density at radius 3 is 2.62 bits per heavy atom. The molecular weight excluding hydrogens is 248 g/mol. The molecule has 0 N–H and O–H groups in total. The van der Waals surface area contributed by atoms with Gasteiger partial charge in [-0.15, -0.1) is 11.6 Å². The topological polar surface area (TPSA) is 50.3 Å². The lowest BCUT2D eigenvalue weighted by Gasteiger charge is -2.24. The summed E-state index contributed by atoms with van der Waals surface area (Å²) in [6.45, 7) is 3.94. The van der Waals surface area contributed by atoms with Crippen LogP contribution in [-0.4, -0.2) is 36.2 Å². The number of aromatic nitrogens is 1. The first kappa shape index (κ1) is 13.4. The van der Waals surface area contributed by atoms with Crippen LogP contribution in [0.4, 0.5) is 0 Å². The fourth-order valence-electron chi connectivity index (χ4n) is 1.37. The molecule has 1 aromatic heterocycles. The minimum Gasteiger partial charge on any atom is -0.263 e. The van der Waals surface area contributed by atoms with E-state index in [2.05, 4.69) is 4.98 Å². The first-order valence-corrected chi connectivity index (χ1v) is 6.95. The molecule has 0 saturated heterocycles. The third kappa shape index (κ3) is 2.93. The molecule has 6 heteroatoms. The number of hydrogen-bond donors (Lipinski definition) is 0. The summed E-state index contributed by atoms with van der Waals surface area (Å²) in [7, 11) is -3.48. The van der Waals surface area contributed by atoms with Crippen molar-refractivity contribution in [3.8, 4) is 0 Å². The summed E-state index contributed by atoms with van der Waals surface area (Å²) in [4.78, 5) is 4.02. The number of sulfonamides is 1. The van der Waals surface area contributed by atoms with Crippen LogP contribution < -0.4 is 0 Å². The number of nitrogens with zero attached hydrogens (tertiary/aromatic N) is 2. The van der Waals surface area contributed by atoms with Crippen LogP contribution in [0.15, 0.2) is 29.4 Å². The molecule has 1 heterocycles. The van der Waals surface area contributed by atoms with E-state index in [1.807, 2.05) is 13.8 Å². The highest BCUT2D eigenvalue weighted by molar-refractivity contribution is 7.89. The Labute approximate surface area is 101 Å². The molecular formula is C10H15ClN2O2S. The first-order valence-electron chi connectivity index (χ1n) is 4.98. The maximum absolute atomic E-state index is 12.2. The Morgan fingerprint density at radius 2 is 2.19 bits per heavy atom. The maximum Gasteiger partial charge on any atom is 0.244 e. The van der Waals surface area contributed by atoms with Crippen LogP contribution >= 0.6 is 11.6 Å². The Balaban J connectivity index is 3.09. The molecule has 4 nitrogen and oxygen atoms in total. The third-order valence-electron chi connectivity index (χ3n) is 2.12. The Bertz CT molecular complexity index is 420. The van der Waals surface area contributed by atoms with Gasteiger partial charge in [-0.2, -0.15) is 4.31 Å². The van der Waals surface area contributed by atoms with E-state index in [1.165, 1.54) is 16.6 Å². The molecule has 1 aromatic rings. The zero-order chi connectivity index (χ0) is 12.2. The molecule has 0 aliphatic heterocycles. The average molecular weight is 263 g/mol. The van der Waals surface area contributed by atoms with Crippen molar-refractivity contribution in [2.45, 2.75) is 24.8 Å². The highest BCUT2D eigenvalue weighted by atomic mass is 35.5. The van der Waals surface area contributed by atoms with Crippen molar-refractivity contribution < 1.29 is 8.42 Å². The zero-order valence-corrected chi connectivity index (χ0v) is 10.9. The van der Waals surface area contributed by atoms with E-state index in [1.54, 1.807) is 12.3 Å². The van der Waals surface area contributed by atoms with Gasteiger partial charge >= 0.3 is 0 Å². The second kappa shape index (κ2) is 5.61. The van der Waals surface area contributed by atoms with Crippen molar-refractivity contribution in [3.05, 3.63) is 24.5 Å². The van der Waals surface area contributed by atoms with Crippen LogP contribution in [0, 0.1) is 0 Å². The molecule has 0 saturated carbocycles. The van der Waals surface area contributed by atoms with E-state index >= 15 is 0 Å². The molecule has 0 fully saturated rings. The molecule has 0 aliphatic carbocycles. The smallest absolute Gasteiger partial charge is 0.244 e. The van der Waals surface area contributed by atoms with Crippen LogP contribution in [-0.2, 0) is 10.0 Å². The second-order valence-corrected chi connectivity index (χ2v) is 5.86. The number of pyridine rings is 1. The summed E-state index contributed by atoms with van der Waals surface area (Å²) in [6.07, 6.45) is 2.89. The van der Waals surface area contributed by atoms with Crippen LogP contribution in [0.3, 0.4) is 0 Å². The van der Waals surface area contributed by atoms with Crippen LogP contribution in [0.1, 0.15) is 13.8 Å². The highest BCUT2D eigenvalue weighted by Crippen LogP contribution is 2.16. The quantitative estimate of drug-likeness (QED) is 0.760. The molecule has 0 atom stereocenters. The van der Waals surface area contributed by atoms with Crippen molar-refractivity contribution in [3.63, 3.8) is 0 Å². The molecule has 1 rings (SSSR count). The van der Waals surface area contributed by atoms with Crippen LogP contribution in [0.5, 0.6) is 0 Å². The normalized spacial score (nSPS) is 12.3. The zero-order valence-electron chi connectivity index (χ0n) is 9.30. The molecule has 0 spiro atoms. The van der Waals surface area contributed by atoms with Gasteiger partial charge in [0.25, 0.3) is 0 Å². The van der Waals surface area contributed by atoms with Crippen molar-refractivity contribution in [1.82, 2.24) is 9.29 Å². The third-order valence-corrected chi connectivity index (χ3v) is 4.35. The first-order chi connectivity index (χ1) is 7.50. The predicted octanol–water partition coefficient (Wildman–Crippen LogP) is 1.72. The molecule has 16 heavy (non-hydrogen) atoms. The number of hydrogen-bond acceptors (Lipinski definition) is 3. The summed E-state index contributed by atoms with van der Waals surface area (Å²) < 4.78 is 25.8. The number of alkyl halides is 1. The molecule has 0 bridgehead atoms. The van der Waals surface area contributed by atoms with Gasteiger partial charge in [0.2, 0.25) is 10.0 Å². The van der Waals surface area contributed by atoms with Gasteiger partial charge in [-0.25, -0.2) is 8.42 Å². The van der Waals surface area contributed by atoms with Gasteiger partial charge in [0.05, 0.1) is 0 Å². The summed E-state index contributed by atoms with van der Waals surface area (Å²) in [6, 6.07) is 3.02. The largest absolute Gasteiger partial charge is 0.263 e. The number of rotatable bonds is 5. The van der Waals surface area contributed by atoms with Gasteiger partial charge in [0, 0.05) is 30.9 Å². The molecule has 90 valence electrons. The lowest BCUT2D eigenvalue weighted by atomic mass is 10.4. The van der Waals surface area contributed by atoms with Gasteiger partial charge in [0.15, 0.2) is 0 Å². The fraction of sp³-hybridized carbons (Fsp3) is 0.500. The van der Waals surface area contributed by atoms with Gasteiger partial charge in [0.1, 0.15) is 4.90 Å². The van der Waals surface area contributed by atoms with E-state index in [9.17, 15) is 8.42 Å². The molecule has 0 radical (unpaired) electrons. The van der Waals surface area contributed by atoms with Crippen LogP contribution in [0.2, 0.25) is 0 Å². The van der Waals surface area contributed by atoms with Gasteiger partial charge in [-0.1, -0.05) is 0 Å². The average Bonchev–Trinajstić information content (AvgIpc) is 2.26. The predicted molar refractivity (Wildman–Crippen MR) is 64.0 cm³/mol. The Hall–Kier alpha value is -0.650. The number of halogens is 1. The summed E-state index contributed by atoms with van der Waals surface area (Å²) in [5.41, 5.74) is 0. The summed E-state index contributed by atoms with van der Waals surface area (Å²) in [5, 5.41) is 0. The Morgan fingerprint density at radius 1 is 1.50 bits per heavy atom. The molecule has 0 aliphatic rings. The molecule has 0 amide bonds. The van der Waals surface area contributed by atoms with E-state index in [4.69, 9.17) is 11.6 Å². The van der Waals surface area contributed by atoms with Crippen molar-refractivity contribution in [2.75, 3.05) is 12.4 Å². The van der Waals surface area contributed by atoms with Crippen molar-refractivity contribution in [2.24, 2.45) is 0 Å². The Kier molecular flexibility index (Phi) is 4.70. The lowest BCUT2D eigenvalue weighted by Crippen LogP contribution is -2.38. The molecule has 0 aromatic carbocycles. The van der Waals surface area contributed by atoms with Gasteiger partial charge in [-0.05, 0) is 26.0 Å². The fourth-order valence-corrected chi connectivity index (χ4v) is 3.26. The van der Waals surface area contributed by atoms with E-state index in [0.717, 1.165) is 0 Å². The molecule has 0 unspecified atom stereocenters. The van der Waals surface area contributed by atoms with Gasteiger partial charge in [-0.3, -0.25) is 4.98 Å². The van der Waals surface area contributed by atoms with E-state index < -0.39 is 10.0 Å². The van der Waals surface area contributed by atoms with Gasteiger partial charge < -0.3 is 0 Å². The summed E-state index contributed by atoms with van der Waals surface area (Å²) in [5.74, 6) is 0.275. The SMILES string of the molecule is CC(C)N(CCCl)S(=O)(=O)c1cccnc1. The standard InChI is InChI=1S/C10H15ClN2O2S/c1-9(2)13(7-5-11)16(14,15)10-4-3-6-12-8-10/h3-4,6,8-9H,5,7H2,1-2H3. The van der Waals surface area contributed by atoms with Crippen LogP contribution in [0.25, 0.3) is 0 Å². The summed E-state index contributed by atoms with van der Waals surface area (Å²) >= 11 is 5.61. The second-order valence-electron chi connectivity index (χ2n) is 3.59. The maximum atomic E-state index is 12.2. The monoisotopic (exact) mass is 262 g/mol. The lowest BCUT2D eigenvalue weighted by molar-refractivity contribution is 0.370. The van der Waals surface area contributed by atoms with Crippen molar-refractivity contribution in [1.29, 1.82) is 0 Å². The van der Waals surface area contributed by atoms with E-state index in [0.29, 0.717) is 6.54 Å². The van der Waals surface area contributed by atoms with E-state index in [-0.39, 0.29) is 16.8 Å². The van der Waals surface area contributed by atoms with Crippen molar-refractivity contribution >= 4 is 21.6 Å². The minimum absolute atomic E-state index is 0.121.